The molecule has 1 saturated heterocycles. The summed E-state index contributed by atoms with van der Waals surface area (Å²) in [6, 6.07) is 0. The van der Waals surface area contributed by atoms with Crippen molar-refractivity contribution in [1.29, 1.82) is 0 Å². The van der Waals surface area contributed by atoms with E-state index in [0.717, 1.165) is 13.0 Å². The number of nitrogens with zero attached hydrogens (tertiary/aromatic N) is 1. The van der Waals surface area contributed by atoms with Crippen molar-refractivity contribution in [2.75, 3.05) is 6.54 Å². The summed E-state index contributed by atoms with van der Waals surface area (Å²) in [5.74, 6) is 0.208. The molecule has 0 radical (unpaired) electrons. The van der Waals surface area contributed by atoms with Crippen LogP contribution in [0.5, 0.6) is 0 Å². The first-order valence-corrected chi connectivity index (χ1v) is 3.54. The Kier molecular flexibility index (Phi) is 5.36. The second kappa shape index (κ2) is 5.76. The highest BCUT2D eigenvalue weighted by molar-refractivity contribution is 6.30. The third-order valence-corrected chi connectivity index (χ3v) is 1.33. The van der Waals surface area contributed by atoms with Gasteiger partial charge in [0.25, 0.3) is 0 Å². The average Bonchev–Trinajstić information content (AvgIpc) is 2.33. The summed E-state index contributed by atoms with van der Waals surface area (Å²) in [4.78, 5) is 12.3. The summed E-state index contributed by atoms with van der Waals surface area (Å²) < 4.78 is 0. The first-order chi connectivity index (χ1) is 5.57. The molecule has 0 aromatic rings. The van der Waals surface area contributed by atoms with Gasteiger partial charge < -0.3 is 20.0 Å². The number of carbonyl (C=O) groups is 1. The van der Waals surface area contributed by atoms with Crippen LogP contribution in [-0.4, -0.2) is 39.7 Å². The minimum Gasteiger partial charge on any atom is -0.402 e. The van der Waals surface area contributed by atoms with Gasteiger partial charge in [-0.2, -0.15) is 0 Å². The van der Waals surface area contributed by atoms with E-state index in [4.69, 9.17) is 15.1 Å². The quantitative estimate of drug-likeness (QED) is 0.430. The van der Waals surface area contributed by atoms with Crippen LogP contribution in [0.25, 0.3) is 0 Å². The topological polar surface area (TPSA) is 81.0 Å². The summed E-state index contributed by atoms with van der Waals surface area (Å²) in [6.45, 7) is 4.36. The molecule has 1 heterocycles. The zero-order valence-corrected chi connectivity index (χ0v) is 6.68. The van der Waals surface area contributed by atoms with E-state index < -0.39 is 7.32 Å². The number of hydrogen-bond acceptors (Lipinski definition) is 4. The van der Waals surface area contributed by atoms with Crippen molar-refractivity contribution >= 4 is 13.2 Å². The van der Waals surface area contributed by atoms with Crippen molar-refractivity contribution in [2.45, 2.75) is 12.8 Å². The number of likely N-dealkylation sites (tertiary alicyclic amines) is 1. The molecule has 12 heavy (non-hydrogen) atoms. The number of rotatable bonds is 1. The summed E-state index contributed by atoms with van der Waals surface area (Å²) in [5, 5.41) is 21.5. The Morgan fingerprint density at radius 1 is 1.50 bits per heavy atom. The molecule has 0 spiro atoms. The molecule has 0 saturated carbocycles. The van der Waals surface area contributed by atoms with Gasteiger partial charge >= 0.3 is 7.32 Å². The van der Waals surface area contributed by atoms with E-state index >= 15 is 0 Å². The van der Waals surface area contributed by atoms with Crippen LogP contribution in [0.15, 0.2) is 12.8 Å². The fraction of sp³-hybridized carbons (Fsp3) is 0.500. The van der Waals surface area contributed by atoms with Crippen molar-refractivity contribution < 1.29 is 19.9 Å². The first kappa shape index (κ1) is 11.2. The summed E-state index contributed by atoms with van der Waals surface area (Å²) in [5.41, 5.74) is 0. The number of amides is 1. The van der Waals surface area contributed by atoms with Crippen molar-refractivity contribution in [3.8, 4) is 0 Å². The lowest BCUT2D eigenvalue weighted by molar-refractivity contribution is -0.125. The fourth-order valence-electron chi connectivity index (χ4n) is 0.862. The largest absolute Gasteiger partial charge is 0.631 e. The minimum atomic E-state index is -2.17. The van der Waals surface area contributed by atoms with Gasteiger partial charge in [0.15, 0.2) is 0 Å². The highest BCUT2D eigenvalue weighted by Gasteiger charge is 2.15. The van der Waals surface area contributed by atoms with Crippen LogP contribution in [0.3, 0.4) is 0 Å². The molecule has 6 heteroatoms. The number of carbonyl (C=O) groups excluding carboxylic acids is 1. The van der Waals surface area contributed by atoms with Gasteiger partial charge in [-0.15, -0.1) is 0 Å². The third-order valence-electron chi connectivity index (χ3n) is 1.33. The molecule has 0 unspecified atom stereocenters. The SMILES string of the molecule is C=CN1CCCC1=O.OB(O)O. The smallest absolute Gasteiger partial charge is 0.402 e. The van der Waals surface area contributed by atoms with Gasteiger partial charge in [-0.25, -0.2) is 0 Å². The molecule has 5 nitrogen and oxygen atoms in total. The molecule has 1 aliphatic heterocycles. The fourth-order valence-corrected chi connectivity index (χ4v) is 0.862. The van der Waals surface area contributed by atoms with E-state index in [1.807, 2.05) is 0 Å². The lowest BCUT2D eigenvalue weighted by atomic mass is 10.3. The molecule has 1 fully saturated rings. The summed E-state index contributed by atoms with van der Waals surface area (Å²) in [6.07, 6.45) is 3.28. The summed E-state index contributed by atoms with van der Waals surface area (Å²) in [7, 11) is -2.17. The maximum absolute atomic E-state index is 10.7. The Morgan fingerprint density at radius 2 is 2.00 bits per heavy atom. The van der Waals surface area contributed by atoms with Gasteiger partial charge in [0, 0.05) is 13.0 Å². The highest BCUT2D eigenvalue weighted by atomic mass is 16.5. The maximum Gasteiger partial charge on any atom is 0.631 e. The van der Waals surface area contributed by atoms with Gasteiger partial charge in [0.1, 0.15) is 0 Å². The van der Waals surface area contributed by atoms with Gasteiger partial charge in [-0.05, 0) is 12.6 Å². The predicted octanol–water partition coefficient (Wildman–Crippen LogP) is -1.30. The van der Waals surface area contributed by atoms with Crippen LogP contribution < -0.4 is 0 Å². The molecular formula is C6H12BNO4. The second-order valence-corrected chi connectivity index (χ2v) is 2.22. The van der Waals surface area contributed by atoms with Gasteiger partial charge in [0.05, 0.1) is 0 Å². The van der Waals surface area contributed by atoms with Crippen molar-refractivity contribution in [2.24, 2.45) is 0 Å². The van der Waals surface area contributed by atoms with E-state index in [1.165, 1.54) is 0 Å². The van der Waals surface area contributed by atoms with E-state index in [9.17, 15) is 4.79 Å². The van der Waals surface area contributed by atoms with E-state index in [-0.39, 0.29) is 5.91 Å². The molecule has 1 amide bonds. The Balaban J connectivity index is 0.000000261. The van der Waals surface area contributed by atoms with E-state index in [0.29, 0.717) is 6.42 Å². The molecular weight excluding hydrogens is 161 g/mol. The Morgan fingerprint density at radius 3 is 2.17 bits per heavy atom. The third kappa shape index (κ3) is 4.89. The molecule has 1 aliphatic rings. The zero-order chi connectivity index (χ0) is 9.56. The standard InChI is InChI=1S/C6H9NO.BH3O3/c1-2-7-5-3-4-6(7)8;2-1(3)4/h2H,1,3-5H2;2-4H. The lowest BCUT2D eigenvalue weighted by Gasteiger charge is -2.05. The lowest BCUT2D eigenvalue weighted by Crippen LogP contribution is -2.16. The van der Waals surface area contributed by atoms with E-state index in [2.05, 4.69) is 6.58 Å². The Bertz CT molecular complexity index is 159. The molecule has 0 aromatic heterocycles. The van der Waals surface area contributed by atoms with Gasteiger partial charge in [-0.3, -0.25) is 4.79 Å². The molecule has 3 N–H and O–H groups in total. The van der Waals surface area contributed by atoms with Crippen molar-refractivity contribution in [1.82, 2.24) is 4.90 Å². The van der Waals surface area contributed by atoms with Crippen LogP contribution in [0.4, 0.5) is 0 Å². The van der Waals surface area contributed by atoms with E-state index in [1.54, 1.807) is 11.1 Å². The molecule has 0 atom stereocenters. The van der Waals surface area contributed by atoms with Crippen LogP contribution in [-0.2, 0) is 4.79 Å². The highest BCUT2D eigenvalue weighted by Crippen LogP contribution is 2.08. The van der Waals surface area contributed by atoms with Crippen LogP contribution in [0, 0.1) is 0 Å². The van der Waals surface area contributed by atoms with Gasteiger partial charge in [-0.1, -0.05) is 6.58 Å². The second-order valence-electron chi connectivity index (χ2n) is 2.22. The molecule has 1 rings (SSSR count). The normalized spacial score (nSPS) is 15.2. The molecule has 0 aliphatic carbocycles. The van der Waals surface area contributed by atoms with Crippen molar-refractivity contribution in [3.05, 3.63) is 12.8 Å². The van der Waals surface area contributed by atoms with Crippen LogP contribution >= 0.6 is 0 Å². The van der Waals surface area contributed by atoms with Crippen LogP contribution in [0.1, 0.15) is 12.8 Å². The predicted molar refractivity (Wildman–Crippen MR) is 43.6 cm³/mol. The maximum atomic E-state index is 10.7. The molecule has 0 aromatic carbocycles. The minimum absolute atomic E-state index is 0.208. The Hall–Kier alpha value is -0.845. The van der Waals surface area contributed by atoms with Crippen molar-refractivity contribution in [3.63, 3.8) is 0 Å². The van der Waals surface area contributed by atoms with Gasteiger partial charge in [0.2, 0.25) is 5.91 Å². The molecule has 0 bridgehead atoms. The Labute approximate surface area is 71.1 Å². The monoisotopic (exact) mass is 173 g/mol. The molecule has 68 valence electrons. The zero-order valence-electron chi connectivity index (χ0n) is 6.68. The average molecular weight is 173 g/mol. The number of hydrogen-bond donors (Lipinski definition) is 3. The summed E-state index contributed by atoms with van der Waals surface area (Å²) >= 11 is 0. The van der Waals surface area contributed by atoms with Crippen LogP contribution in [0.2, 0.25) is 0 Å². The first-order valence-electron chi connectivity index (χ1n) is 3.54.